The predicted molar refractivity (Wildman–Crippen MR) is 132 cm³/mol. The molecule has 0 spiro atoms. The van der Waals surface area contributed by atoms with Gasteiger partial charge in [-0.05, 0) is 67.7 Å². The third-order valence-electron chi connectivity index (χ3n) is 8.51. The highest BCUT2D eigenvalue weighted by Gasteiger charge is 2.35. The van der Waals surface area contributed by atoms with Gasteiger partial charge in [0.2, 0.25) is 5.69 Å². The van der Waals surface area contributed by atoms with Crippen LogP contribution >= 0.6 is 0 Å². The third-order valence-corrected chi connectivity index (χ3v) is 8.51. The van der Waals surface area contributed by atoms with Gasteiger partial charge in [-0.2, -0.15) is 0 Å². The second kappa shape index (κ2) is 8.27. The molecule has 0 saturated heterocycles. The summed E-state index contributed by atoms with van der Waals surface area (Å²) in [6, 6.07) is 14.1. The maximum atomic E-state index is 15.4. The Labute approximate surface area is 195 Å². The molecule has 0 N–H and O–H groups in total. The third kappa shape index (κ3) is 3.48. The van der Waals surface area contributed by atoms with Gasteiger partial charge in [0.25, 0.3) is 0 Å². The number of furan rings is 1. The molecule has 2 aromatic carbocycles. The minimum Gasteiger partial charge on any atom is -0.455 e. The van der Waals surface area contributed by atoms with Crippen molar-refractivity contribution < 1.29 is 13.4 Å². The van der Waals surface area contributed by atoms with E-state index in [9.17, 15) is 0 Å². The van der Waals surface area contributed by atoms with E-state index in [-0.39, 0.29) is 11.7 Å². The number of pyridine rings is 1. The highest BCUT2D eigenvalue weighted by atomic mass is 19.1. The van der Waals surface area contributed by atoms with E-state index in [2.05, 4.69) is 49.0 Å². The quantitative estimate of drug-likeness (QED) is 0.294. The fourth-order valence-electron chi connectivity index (χ4n) is 6.79. The monoisotopic (exact) mass is 442 g/mol. The molecule has 2 aliphatic carbocycles. The average molecular weight is 443 g/mol. The van der Waals surface area contributed by atoms with E-state index in [4.69, 9.17) is 4.42 Å². The van der Waals surface area contributed by atoms with E-state index in [1.165, 1.54) is 44.1 Å². The summed E-state index contributed by atoms with van der Waals surface area (Å²) in [5.41, 5.74) is 5.85. The first kappa shape index (κ1) is 20.9. The molecule has 2 fully saturated rings. The van der Waals surface area contributed by atoms with Crippen LogP contribution in [0.5, 0.6) is 0 Å². The molecule has 170 valence electrons. The zero-order valence-corrected chi connectivity index (χ0v) is 19.7. The van der Waals surface area contributed by atoms with Gasteiger partial charge in [0, 0.05) is 28.5 Å². The van der Waals surface area contributed by atoms with Gasteiger partial charge in [-0.15, -0.1) is 0 Å². The van der Waals surface area contributed by atoms with Crippen LogP contribution in [0.25, 0.3) is 33.2 Å². The van der Waals surface area contributed by atoms with Crippen molar-refractivity contribution in [1.29, 1.82) is 0 Å². The lowest BCUT2D eigenvalue weighted by atomic mass is 9.78. The summed E-state index contributed by atoms with van der Waals surface area (Å²) >= 11 is 0. The predicted octanol–water partition coefficient (Wildman–Crippen LogP) is 7.99. The zero-order valence-electron chi connectivity index (χ0n) is 19.7. The minimum absolute atomic E-state index is 0.0978. The molecule has 0 radical (unpaired) electrons. The van der Waals surface area contributed by atoms with Crippen molar-refractivity contribution in [3.63, 3.8) is 0 Å². The summed E-state index contributed by atoms with van der Waals surface area (Å²) in [5.74, 6) is 1.75. The number of hydrogen-bond donors (Lipinski definition) is 0. The minimum atomic E-state index is -0.0978. The summed E-state index contributed by atoms with van der Waals surface area (Å²) in [6.07, 6.45) is 12.3. The molecule has 2 nitrogen and oxygen atoms in total. The van der Waals surface area contributed by atoms with Crippen LogP contribution < -0.4 is 4.57 Å². The molecular weight excluding hydrogens is 409 g/mol. The molecule has 4 aromatic rings. The molecule has 2 atom stereocenters. The van der Waals surface area contributed by atoms with Crippen LogP contribution in [0, 0.1) is 24.6 Å². The van der Waals surface area contributed by atoms with Crippen molar-refractivity contribution in [2.45, 2.75) is 64.2 Å². The Hall–Kier alpha value is -2.68. The van der Waals surface area contributed by atoms with Crippen molar-refractivity contribution in [2.75, 3.05) is 0 Å². The van der Waals surface area contributed by atoms with Crippen LogP contribution in [0.4, 0.5) is 4.39 Å². The van der Waals surface area contributed by atoms with E-state index in [1.54, 1.807) is 6.07 Å². The molecule has 33 heavy (non-hydrogen) atoms. The average Bonchev–Trinajstić information content (AvgIpc) is 3.45. The molecule has 2 aromatic heterocycles. The first-order valence-corrected chi connectivity index (χ1v) is 12.7. The number of benzene rings is 2. The Bertz CT molecular complexity index is 1330. The normalized spacial score (nSPS) is 21.9. The Morgan fingerprint density at radius 3 is 2.45 bits per heavy atom. The Balaban J connectivity index is 1.48. The van der Waals surface area contributed by atoms with Crippen LogP contribution in [-0.4, -0.2) is 0 Å². The fourth-order valence-corrected chi connectivity index (χ4v) is 6.79. The second-order valence-electron chi connectivity index (χ2n) is 10.4. The maximum Gasteiger partial charge on any atom is 0.216 e. The van der Waals surface area contributed by atoms with Crippen molar-refractivity contribution in [3.05, 3.63) is 65.6 Å². The van der Waals surface area contributed by atoms with Gasteiger partial charge >= 0.3 is 0 Å². The van der Waals surface area contributed by atoms with Gasteiger partial charge < -0.3 is 4.42 Å². The summed E-state index contributed by atoms with van der Waals surface area (Å²) < 4.78 is 24.1. The molecule has 3 heteroatoms. The first-order chi connectivity index (χ1) is 16.1. The standard InChI is InChI=1S/C30H33FNO/c1-19-11-14-23-24-15-16-25(31)28(22-13-12-21(18-22)20-8-4-3-5-9-20)30(24)33-29(23)27(19)26-10-6-7-17-32(26)2/h6-7,10-11,14-17,20-22H,3-5,8-9,12-13,18H2,1-2H3/q+1. The Kier molecular flexibility index (Phi) is 5.24. The summed E-state index contributed by atoms with van der Waals surface area (Å²) in [6.45, 7) is 2.13. The lowest BCUT2D eigenvalue weighted by Crippen LogP contribution is -2.30. The number of rotatable bonds is 3. The number of fused-ring (bicyclic) bond motifs is 3. The molecule has 6 rings (SSSR count). The fraction of sp³-hybridized carbons (Fsp3) is 0.433. The van der Waals surface area contributed by atoms with Gasteiger partial charge in [0.15, 0.2) is 6.20 Å². The highest BCUT2D eigenvalue weighted by Crippen LogP contribution is 2.49. The van der Waals surface area contributed by atoms with Crippen LogP contribution in [0.1, 0.15) is 68.4 Å². The largest absolute Gasteiger partial charge is 0.455 e. The van der Waals surface area contributed by atoms with Crippen molar-refractivity contribution in [3.8, 4) is 11.3 Å². The number of aryl methyl sites for hydroxylation is 2. The van der Waals surface area contributed by atoms with Crippen LogP contribution in [-0.2, 0) is 7.05 Å². The number of hydrogen-bond acceptors (Lipinski definition) is 1. The molecule has 0 bridgehead atoms. The van der Waals surface area contributed by atoms with E-state index in [0.29, 0.717) is 0 Å². The SMILES string of the molecule is Cc1ccc2c(oc3c(C4CCC(C5CCCCC5)C4)c(F)ccc32)c1-c1cccc[n+]1C. The maximum absolute atomic E-state index is 15.4. The van der Waals surface area contributed by atoms with Gasteiger partial charge in [-0.1, -0.05) is 44.2 Å². The van der Waals surface area contributed by atoms with Gasteiger partial charge in [-0.3, -0.25) is 0 Å². The Morgan fingerprint density at radius 2 is 1.64 bits per heavy atom. The van der Waals surface area contributed by atoms with Crippen LogP contribution in [0.15, 0.2) is 53.1 Å². The van der Waals surface area contributed by atoms with Crippen LogP contribution in [0.3, 0.4) is 0 Å². The molecule has 0 aliphatic heterocycles. The van der Waals surface area contributed by atoms with Gasteiger partial charge in [-0.25, -0.2) is 8.96 Å². The molecule has 2 unspecified atom stereocenters. The van der Waals surface area contributed by atoms with E-state index in [0.717, 1.165) is 63.4 Å². The van der Waals surface area contributed by atoms with E-state index < -0.39 is 0 Å². The second-order valence-corrected chi connectivity index (χ2v) is 10.4. The summed E-state index contributed by atoms with van der Waals surface area (Å²) in [4.78, 5) is 0. The van der Waals surface area contributed by atoms with Crippen molar-refractivity contribution in [1.82, 2.24) is 0 Å². The zero-order chi connectivity index (χ0) is 22.5. The number of nitrogens with zero attached hydrogens (tertiary/aromatic N) is 1. The number of aromatic nitrogens is 1. The highest BCUT2D eigenvalue weighted by molar-refractivity contribution is 6.10. The smallest absolute Gasteiger partial charge is 0.216 e. The molecular formula is C30H33FNO+. The topological polar surface area (TPSA) is 17.0 Å². The van der Waals surface area contributed by atoms with E-state index in [1.807, 2.05) is 12.1 Å². The van der Waals surface area contributed by atoms with Gasteiger partial charge in [0.05, 0.1) is 5.56 Å². The molecule has 0 amide bonds. The summed E-state index contributed by atoms with van der Waals surface area (Å²) in [7, 11) is 2.06. The van der Waals surface area contributed by atoms with Crippen molar-refractivity contribution in [2.24, 2.45) is 18.9 Å². The molecule has 2 aliphatic rings. The van der Waals surface area contributed by atoms with Gasteiger partial charge in [0.1, 0.15) is 24.0 Å². The lowest BCUT2D eigenvalue weighted by molar-refractivity contribution is -0.660. The molecule has 2 heterocycles. The van der Waals surface area contributed by atoms with Crippen molar-refractivity contribution >= 4 is 21.9 Å². The number of halogens is 1. The Morgan fingerprint density at radius 1 is 0.848 bits per heavy atom. The van der Waals surface area contributed by atoms with Crippen LogP contribution in [0.2, 0.25) is 0 Å². The molecule has 2 saturated carbocycles. The van der Waals surface area contributed by atoms with E-state index >= 15 is 4.39 Å². The summed E-state index contributed by atoms with van der Waals surface area (Å²) in [5, 5.41) is 2.12. The lowest BCUT2D eigenvalue weighted by Gasteiger charge is -2.27. The first-order valence-electron chi connectivity index (χ1n) is 12.7.